The zero-order valence-electron chi connectivity index (χ0n) is 21.3. The number of anilines is 1. The molecule has 1 heterocycles. The van der Waals surface area contributed by atoms with E-state index in [-0.39, 0.29) is 28.9 Å². The van der Waals surface area contributed by atoms with Gasteiger partial charge in [0, 0.05) is 29.3 Å². The van der Waals surface area contributed by atoms with E-state index in [1.165, 1.54) is 6.08 Å². The average molecular weight is 543 g/mol. The molecule has 0 bridgehead atoms. The lowest BCUT2D eigenvalue weighted by molar-refractivity contribution is -0.118. The number of nitrogens with one attached hydrogen (secondary N) is 3. The Morgan fingerprint density at radius 3 is 2.62 bits per heavy atom. The first-order chi connectivity index (χ1) is 19.0. The molecule has 0 aliphatic heterocycles. The van der Waals surface area contributed by atoms with Crippen molar-refractivity contribution in [2.45, 2.75) is 13.3 Å². The Labute approximate surface area is 231 Å². The van der Waals surface area contributed by atoms with Crippen LogP contribution in [0.2, 0.25) is 5.02 Å². The number of benzene rings is 3. The third-order valence-corrected chi connectivity index (χ3v) is 6.05. The van der Waals surface area contributed by atoms with E-state index in [1.54, 1.807) is 31.2 Å². The number of halogens is 1. The lowest BCUT2D eigenvalue weighted by atomic mass is 10.1. The van der Waals surface area contributed by atoms with Crippen molar-refractivity contribution >= 4 is 46.1 Å². The minimum Gasteiger partial charge on any atom is -0.490 e. The SMILES string of the molecule is CCOc1cc(/C=C(/C#N)C(=O)NCCc2c[nH]c3ccccc23)cc(Cl)c1OCC(=O)Nc1ccccc1. The third-order valence-electron chi connectivity index (χ3n) is 5.77. The normalized spacial score (nSPS) is 11.1. The maximum atomic E-state index is 12.7. The average Bonchev–Trinajstić information content (AvgIpc) is 3.35. The fraction of sp³-hybridized carbons (Fsp3) is 0.167. The Morgan fingerprint density at radius 2 is 1.85 bits per heavy atom. The Kier molecular flexibility index (Phi) is 9.22. The van der Waals surface area contributed by atoms with Crippen molar-refractivity contribution in [1.82, 2.24) is 10.3 Å². The first-order valence-corrected chi connectivity index (χ1v) is 12.7. The van der Waals surface area contributed by atoms with Gasteiger partial charge in [0.25, 0.3) is 11.8 Å². The van der Waals surface area contributed by atoms with Crippen LogP contribution in [0.3, 0.4) is 0 Å². The van der Waals surface area contributed by atoms with Crippen LogP contribution in [0.1, 0.15) is 18.1 Å². The van der Waals surface area contributed by atoms with Gasteiger partial charge in [-0.1, -0.05) is 48.0 Å². The first-order valence-electron chi connectivity index (χ1n) is 12.4. The lowest BCUT2D eigenvalue weighted by Crippen LogP contribution is -2.26. The second kappa shape index (κ2) is 13.2. The van der Waals surface area contributed by atoms with E-state index in [9.17, 15) is 14.9 Å². The van der Waals surface area contributed by atoms with E-state index in [1.807, 2.05) is 54.7 Å². The summed E-state index contributed by atoms with van der Waals surface area (Å²) in [5.41, 5.74) is 3.15. The number of nitriles is 1. The van der Waals surface area contributed by atoms with Gasteiger partial charge in [0.15, 0.2) is 18.1 Å². The second-order valence-corrected chi connectivity index (χ2v) is 8.91. The van der Waals surface area contributed by atoms with E-state index in [0.29, 0.717) is 36.6 Å². The van der Waals surface area contributed by atoms with Gasteiger partial charge in [0.2, 0.25) is 0 Å². The van der Waals surface area contributed by atoms with Gasteiger partial charge in [0.1, 0.15) is 11.6 Å². The molecule has 9 heteroatoms. The highest BCUT2D eigenvalue weighted by Crippen LogP contribution is 2.37. The standard InChI is InChI=1S/C30H27ClN4O4/c1-2-38-27-16-20(15-25(31)29(27)39-19-28(36)35-23-8-4-3-5-9-23)14-22(17-32)30(37)33-13-12-21-18-34-26-11-7-6-10-24(21)26/h3-11,14-16,18,34H,2,12-13,19H2,1H3,(H,33,37)(H,35,36)/b22-14-. The van der Waals surface area contributed by atoms with Gasteiger partial charge in [0.05, 0.1) is 11.6 Å². The summed E-state index contributed by atoms with van der Waals surface area (Å²) in [7, 11) is 0. The number of fused-ring (bicyclic) bond motifs is 1. The minimum atomic E-state index is -0.496. The highest BCUT2D eigenvalue weighted by Gasteiger charge is 2.16. The highest BCUT2D eigenvalue weighted by molar-refractivity contribution is 6.32. The van der Waals surface area contributed by atoms with Crippen LogP contribution in [0, 0.1) is 11.3 Å². The molecule has 8 nitrogen and oxygen atoms in total. The molecule has 1 aromatic heterocycles. The van der Waals surface area contributed by atoms with Gasteiger partial charge in [-0.2, -0.15) is 5.26 Å². The number of hydrogen-bond acceptors (Lipinski definition) is 5. The quantitative estimate of drug-likeness (QED) is 0.171. The van der Waals surface area contributed by atoms with Crippen LogP contribution in [-0.4, -0.2) is 36.6 Å². The molecule has 198 valence electrons. The monoisotopic (exact) mass is 542 g/mol. The van der Waals surface area contributed by atoms with Crippen LogP contribution in [0.25, 0.3) is 17.0 Å². The van der Waals surface area contributed by atoms with Crippen LogP contribution in [0.5, 0.6) is 11.5 Å². The number of para-hydroxylation sites is 2. The van der Waals surface area contributed by atoms with Crippen molar-refractivity contribution < 1.29 is 19.1 Å². The van der Waals surface area contributed by atoms with Gasteiger partial charge in [-0.25, -0.2) is 0 Å². The fourth-order valence-electron chi connectivity index (χ4n) is 3.99. The summed E-state index contributed by atoms with van der Waals surface area (Å²) in [6.45, 7) is 2.19. The van der Waals surface area contributed by atoms with E-state index in [2.05, 4.69) is 15.6 Å². The number of nitrogens with zero attached hydrogens (tertiary/aromatic N) is 1. The summed E-state index contributed by atoms with van der Waals surface area (Å²) < 4.78 is 11.3. The zero-order valence-corrected chi connectivity index (χ0v) is 22.0. The Balaban J connectivity index is 1.42. The number of H-pyrrole nitrogens is 1. The molecule has 0 spiro atoms. The van der Waals surface area contributed by atoms with Gasteiger partial charge in [-0.05, 0) is 60.9 Å². The molecule has 39 heavy (non-hydrogen) atoms. The molecule has 0 saturated heterocycles. The zero-order chi connectivity index (χ0) is 27.6. The van der Waals surface area contributed by atoms with Crippen molar-refractivity contribution in [3.63, 3.8) is 0 Å². The van der Waals surface area contributed by atoms with Gasteiger partial charge < -0.3 is 25.1 Å². The van der Waals surface area contributed by atoms with E-state index < -0.39 is 5.91 Å². The maximum Gasteiger partial charge on any atom is 0.262 e. The maximum absolute atomic E-state index is 12.7. The third kappa shape index (κ3) is 7.18. The number of aromatic nitrogens is 1. The molecule has 2 amide bonds. The van der Waals surface area contributed by atoms with Gasteiger partial charge in [-0.15, -0.1) is 0 Å². The molecule has 4 rings (SSSR count). The van der Waals surface area contributed by atoms with Crippen molar-refractivity contribution in [3.8, 4) is 17.6 Å². The van der Waals surface area contributed by atoms with Crippen molar-refractivity contribution in [2.75, 3.05) is 25.1 Å². The van der Waals surface area contributed by atoms with Crippen LogP contribution < -0.4 is 20.1 Å². The number of aromatic amines is 1. The molecule has 0 radical (unpaired) electrons. The summed E-state index contributed by atoms with van der Waals surface area (Å²) in [5, 5.41) is 16.4. The number of carbonyl (C=O) groups is 2. The fourth-order valence-corrected chi connectivity index (χ4v) is 4.26. The van der Waals surface area contributed by atoms with E-state index in [0.717, 1.165) is 16.5 Å². The van der Waals surface area contributed by atoms with Crippen LogP contribution in [0.4, 0.5) is 5.69 Å². The van der Waals surface area contributed by atoms with Gasteiger partial charge >= 0.3 is 0 Å². The van der Waals surface area contributed by atoms with E-state index in [4.69, 9.17) is 21.1 Å². The molecular formula is C30H27ClN4O4. The van der Waals surface area contributed by atoms with E-state index >= 15 is 0 Å². The Morgan fingerprint density at radius 1 is 1.08 bits per heavy atom. The predicted molar refractivity (Wildman–Crippen MR) is 152 cm³/mol. The van der Waals surface area contributed by atoms with Crippen LogP contribution in [-0.2, 0) is 16.0 Å². The topological polar surface area (TPSA) is 116 Å². The molecule has 3 aromatic carbocycles. The molecule has 0 saturated carbocycles. The lowest BCUT2D eigenvalue weighted by Gasteiger charge is -2.14. The van der Waals surface area contributed by atoms with Gasteiger partial charge in [-0.3, -0.25) is 9.59 Å². The first kappa shape index (κ1) is 27.3. The summed E-state index contributed by atoms with van der Waals surface area (Å²) in [6, 6.07) is 22.0. The van der Waals surface area contributed by atoms with Crippen molar-refractivity contribution in [2.24, 2.45) is 0 Å². The molecule has 0 aliphatic rings. The van der Waals surface area contributed by atoms with Crippen LogP contribution >= 0.6 is 11.6 Å². The smallest absolute Gasteiger partial charge is 0.262 e. The molecule has 0 unspecified atom stereocenters. The van der Waals surface area contributed by atoms with Crippen molar-refractivity contribution in [3.05, 3.63) is 94.6 Å². The summed E-state index contributed by atoms with van der Waals surface area (Å²) in [6.07, 6.45) is 3.96. The molecule has 0 aliphatic carbocycles. The summed E-state index contributed by atoms with van der Waals surface area (Å²) >= 11 is 6.46. The Bertz CT molecular complexity index is 1540. The van der Waals surface area contributed by atoms with Crippen LogP contribution in [0.15, 0.2) is 78.5 Å². The Hall–Kier alpha value is -4.74. The molecule has 0 fully saturated rings. The van der Waals surface area contributed by atoms with Crippen molar-refractivity contribution in [1.29, 1.82) is 5.26 Å². The number of rotatable bonds is 11. The largest absolute Gasteiger partial charge is 0.490 e. The molecule has 4 aromatic rings. The number of amides is 2. The molecular weight excluding hydrogens is 516 g/mol. The summed E-state index contributed by atoms with van der Waals surface area (Å²) in [4.78, 5) is 28.2. The molecule has 0 atom stereocenters. The second-order valence-electron chi connectivity index (χ2n) is 8.50. The summed E-state index contributed by atoms with van der Waals surface area (Å²) in [5.74, 6) is -0.370. The number of ether oxygens (including phenoxy) is 2. The number of carbonyl (C=O) groups excluding carboxylic acids is 2. The number of hydrogen-bond donors (Lipinski definition) is 3. The minimum absolute atomic E-state index is 0.0802. The molecule has 3 N–H and O–H groups in total. The predicted octanol–water partition coefficient (Wildman–Crippen LogP) is 5.50. The highest BCUT2D eigenvalue weighted by atomic mass is 35.5.